The molecular weight excluding hydrogens is 649 g/mol. The summed E-state index contributed by atoms with van der Waals surface area (Å²) < 4.78 is 1.24. The summed E-state index contributed by atoms with van der Waals surface area (Å²) in [6.45, 7) is -0.108. The van der Waals surface area contributed by atoms with Crippen LogP contribution in [0.4, 0.5) is 5.13 Å². The Kier molecular flexibility index (Phi) is 9.74. The van der Waals surface area contributed by atoms with Crippen molar-refractivity contribution < 1.29 is 34.2 Å². The van der Waals surface area contributed by atoms with Gasteiger partial charge in [0.05, 0.1) is 6.54 Å². The molecule has 0 saturated carbocycles. The number of aromatic nitrogens is 5. The number of anilines is 1. The molecule has 2 aliphatic rings. The smallest absolute Gasteiger partial charge is 0.352 e. The third-order valence-corrected chi connectivity index (χ3v) is 9.49. The van der Waals surface area contributed by atoms with Crippen molar-refractivity contribution in [2.45, 2.75) is 29.7 Å². The third-order valence-electron chi connectivity index (χ3n) is 6.44. The van der Waals surface area contributed by atoms with Gasteiger partial charge < -0.3 is 26.1 Å². The number of benzene rings is 1. The molecule has 1 saturated heterocycles. The van der Waals surface area contributed by atoms with Crippen LogP contribution >= 0.6 is 34.9 Å². The number of carboxylic acid groups (broad SMARTS) is 2. The van der Waals surface area contributed by atoms with Crippen LogP contribution in [0.5, 0.6) is 0 Å². The van der Waals surface area contributed by atoms with E-state index in [1.165, 1.54) is 28.9 Å². The second-order valence-electron chi connectivity index (χ2n) is 9.27. The van der Waals surface area contributed by atoms with E-state index in [1.807, 2.05) is 30.3 Å². The fourth-order valence-electron chi connectivity index (χ4n) is 4.28. The molecule has 1 unspecified atom stereocenters. The van der Waals surface area contributed by atoms with Crippen LogP contribution in [-0.4, -0.2) is 105 Å². The number of oxime groups is 1. The molecule has 0 spiro atoms. The van der Waals surface area contributed by atoms with Crippen LogP contribution in [0.2, 0.25) is 0 Å². The van der Waals surface area contributed by atoms with Crippen molar-refractivity contribution in [2.75, 3.05) is 24.3 Å². The Morgan fingerprint density at radius 2 is 2.02 bits per heavy atom. The fourth-order valence-corrected chi connectivity index (χ4v) is 7.19. The number of hydrogen-bond acceptors (Lipinski definition) is 15. The average molecular weight is 673 g/mol. The lowest BCUT2D eigenvalue weighted by Gasteiger charge is -2.49. The highest BCUT2D eigenvalue weighted by atomic mass is 32.2. The van der Waals surface area contributed by atoms with E-state index in [4.69, 9.17) is 10.6 Å². The number of hydrogen-bond donors (Lipinski definition) is 4. The summed E-state index contributed by atoms with van der Waals surface area (Å²) in [6.07, 6.45) is 0. The predicted octanol–water partition coefficient (Wildman–Crippen LogP) is 0.319. The Hall–Kier alpha value is -4.82. The number of fused-ring (bicyclic) bond motifs is 1. The van der Waals surface area contributed by atoms with Gasteiger partial charge in [-0.1, -0.05) is 47.2 Å². The number of tetrazole rings is 1. The SMILES string of the molecule is CN=C(Cn1nnnc1SCC1=C(C(=O)O)N2C(=O)C(NC(=O)/C(=N/OCc3ccccc3)c3csc(N)n3)[C@H]2SC1)C(=O)O. The van der Waals surface area contributed by atoms with Crippen LogP contribution < -0.4 is 11.1 Å². The highest BCUT2D eigenvalue weighted by Crippen LogP contribution is 2.41. The minimum Gasteiger partial charge on any atom is -0.477 e. The van der Waals surface area contributed by atoms with Crippen molar-refractivity contribution in [2.24, 2.45) is 10.1 Å². The van der Waals surface area contributed by atoms with Gasteiger partial charge in [0.25, 0.3) is 11.8 Å². The Morgan fingerprint density at radius 1 is 1.24 bits per heavy atom. The number of carboxylic acids is 2. The van der Waals surface area contributed by atoms with E-state index >= 15 is 0 Å². The van der Waals surface area contributed by atoms with Crippen molar-refractivity contribution in [3.05, 3.63) is 58.2 Å². The number of aliphatic carboxylic acids is 2. The van der Waals surface area contributed by atoms with Gasteiger partial charge in [-0.3, -0.25) is 19.5 Å². The molecule has 2 amide bonds. The topological polar surface area (TPSA) is 240 Å². The van der Waals surface area contributed by atoms with Crippen molar-refractivity contribution in [1.29, 1.82) is 0 Å². The van der Waals surface area contributed by atoms with Gasteiger partial charge in [0.15, 0.2) is 10.8 Å². The minimum atomic E-state index is -1.31. The first-order chi connectivity index (χ1) is 21.7. The quantitative estimate of drug-likeness (QED) is 0.0828. The van der Waals surface area contributed by atoms with E-state index in [1.54, 1.807) is 0 Å². The van der Waals surface area contributed by atoms with Crippen LogP contribution in [0, 0.1) is 0 Å². The summed E-state index contributed by atoms with van der Waals surface area (Å²) in [4.78, 5) is 64.6. The van der Waals surface area contributed by atoms with E-state index in [9.17, 15) is 29.4 Å². The van der Waals surface area contributed by atoms with Crippen molar-refractivity contribution in [1.82, 2.24) is 35.4 Å². The maximum Gasteiger partial charge on any atom is 0.352 e. The molecular formula is C25H24N10O7S3. The normalized spacial score (nSPS) is 18.3. The van der Waals surface area contributed by atoms with Gasteiger partial charge in [-0.2, -0.15) is 0 Å². The van der Waals surface area contributed by atoms with Gasteiger partial charge in [-0.15, -0.1) is 28.2 Å². The van der Waals surface area contributed by atoms with Crippen LogP contribution in [0.15, 0.2) is 62.3 Å². The molecule has 17 nitrogen and oxygen atoms in total. The van der Waals surface area contributed by atoms with Crippen molar-refractivity contribution in [3.63, 3.8) is 0 Å². The molecule has 1 aromatic carbocycles. The molecule has 2 aliphatic heterocycles. The second kappa shape index (κ2) is 13.9. The lowest BCUT2D eigenvalue weighted by molar-refractivity contribution is -0.150. The molecule has 3 aromatic rings. The van der Waals surface area contributed by atoms with Crippen LogP contribution in [0.3, 0.4) is 0 Å². The molecule has 45 heavy (non-hydrogen) atoms. The number of thioether (sulfide) groups is 2. The summed E-state index contributed by atoms with van der Waals surface area (Å²) in [5.41, 5.74) is 6.62. The Morgan fingerprint density at radius 3 is 2.69 bits per heavy atom. The number of thiazole rings is 1. The summed E-state index contributed by atoms with van der Waals surface area (Å²) >= 11 is 3.47. The summed E-state index contributed by atoms with van der Waals surface area (Å²) in [5.74, 6) is -3.54. The van der Waals surface area contributed by atoms with Crippen LogP contribution in [0.1, 0.15) is 11.3 Å². The summed E-state index contributed by atoms with van der Waals surface area (Å²) in [7, 11) is 1.34. The Bertz CT molecular complexity index is 1720. The molecule has 0 aliphatic carbocycles. The van der Waals surface area contributed by atoms with Gasteiger partial charge >= 0.3 is 11.9 Å². The van der Waals surface area contributed by atoms with Gasteiger partial charge in [-0.25, -0.2) is 19.3 Å². The molecule has 4 heterocycles. The summed E-state index contributed by atoms with van der Waals surface area (Å²) in [6, 6.07) is 8.15. The zero-order valence-electron chi connectivity index (χ0n) is 23.3. The Balaban J connectivity index is 1.28. The van der Waals surface area contributed by atoms with E-state index in [0.29, 0.717) is 5.57 Å². The predicted molar refractivity (Wildman–Crippen MR) is 164 cm³/mol. The zero-order valence-corrected chi connectivity index (χ0v) is 25.7. The number of carbonyl (C=O) groups is 4. The molecule has 0 radical (unpaired) electrons. The van der Waals surface area contributed by atoms with E-state index in [0.717, 1.165) is 33.6 Å². The second-order valence-corrected chi connectivity index (χ2v) is 12.2. The number of β-lactam (4-membered cyclic amide) rings is 1. The monoisotopic (exact) mass is 672 g/mol. The first-order valence-electron chi connectivity index (χ1n) is 12.9. The lowest BCUT2D eigenvalue weighted by atomic mass is 10.0. The van der Waals surface area contributed by atoms with Gasteiger partial charge in [0.1, 0.15) is 35.1 Å². The van der Waals surface area contributed by atoms with Crippen molar-refractivity contribution >= 4 is 75.2 Å². The molecule has 20 heteroatoms. The first kappa shape index (κ1) is 31.6. The molecule has 2 atom stereocenters. The zero-order chi connectivity index (χ0) is 32.1. The van der Waals surface area contributed by atoms with Crippen LogP contribution in [-0.2, 0) is 37.2 Å². The summed E-state index contributed by atoms with van der Waals surface area (Å²) in [5, 5.41) is 38.4. The lowest BCUT2D eigenvalue weighted by Crippen LogP contribution is -2.71. The van der Waals surface area contributed by atoms with E-state index < -0.39 is 35.2 Å². The average Bonchev–Trinajstić information content (AvgIpc) is 3.67. The van der Waals surface area contributed by atoms with Crippen molar-refractivity contribution in [3.8, 4) is 0 Å². The largest absolute Gasteiger partial charge is 0.477 e. The third kappa shape index (κ3) is 6.97. The van der Waals surface area contributed by atoms with Crippen LogP contribution in [0.25, 0.3) is 0 Å². The molecule has 234 valence electrons. The number of rotatable bonds is 13. The minimum absolute atomic E-state index is 0.0820. The van der Waals surface area contributed by atoms with E-state index in [2.05, 4.69) is 36.0 Å². The number of nitrogen functional groups attached to an aromatic ring is 1. The highest BCUT2D eigenvalue weighted by molar-refractivity contribution is 8.01. The van der Waals surface area contributed by atoms with Gasteiger partial charge in [0, 0.05) is 23.9 Å². The number of nitrogens with zero attached hydrogens (tertiary/aromatic N) is 8. The van der Waals surface area contributed by atoms with Gasteiger partial charge in [-0.05, 0) is 21.6 Å². The highest BCUT2D eigenvalue weighted by Gasteiger charge is 2.54. The standard InChI is InChI=1S/C25H24N10O7S3/c1-27-14(22(38)39)7-34-25(30-32-33-34)45-10-13-9-43-21-17(20(37)35(21)18(13)23(40)41)29-19(36)16(15-11-44-24(26)28-15)31-42-8-12-5-3-2-4-6-12/h2-6,11,17,21H,7-10H2,1H3,(H2,26,28)(H,29,36)(H,38,39)(H,40,41)/b27-14?,31-16+/t17?,21-/m1/s1. The van der Waals surface area contributed by atoms with Gasteiger partial charge in [0.2, 0.25) is 5.16 Å². The fraction of sp³-hybridized carbons (Fsp3) is 0.280. The number of aliphatic imine (C=N–C) groups is 1. The number of nitrogens with one attached hydrogen (secondary N) is 1. The number of amides is 2. The maximum atomic E-state index is 13.3. The molecule has 5 N–H and O–H groups in total. The number of nitrogens with two attached hydrogens (primary N) is 1. The maximum absolute atomic E-state index is 13.3. The molecule has 2 aromatic heterocycles. The van der Waals surface area contributed by atoms with E-state index in [-0.39, 0.29) is 57.8 Å². The number of carbonyl (C=O) groups excluding carboxylic acids is 2. The Labute approximate surface area is 266 Å². The molecule has 5 rings (SSSR count). The molecule has 1 fully saturated rings. The first-order valence-corrected chi connectivity index (χ1v) is 15.8. The molecule has 0 bridgehead atoms.